The van der Waals surface area contributed by atoms with Gasteiger partial charge in [-0.05, 0) is 18.9 Å². The molecule has 0 bridgehead atoms. The van der Waals surface area contributed by atoms with E-state index in [-0.39, 0.29) is 6.03 Å². The Morgan fingerprint density at radius 3 is 2.19 bits per heavy atom. The first-order valence-corrected chi connectivity index (χ1v) is 7.82. The normalized spacial score (nSPS) is 15.1. The zero-order valence-corrected chi connectivity index (χ0v) is 13.0. The standard InChI is InChI=1S/C15H25N5O/c1-3-8-19(9-4-2)15(21)20-12-10-18(11-13-20)14-16-6-5-7-17-14/h5-7H,3-4,8-13H2,1-2H3. The number of amides is 2. The summed E-state index contributed by atoms with van der Waals surface area (Å²) in [7, 11) is 0. The molecule has 0 aliphatic carbocycles. The van der Waals surface area contributed by atoms with Crippen LogP contribution in [0.3, 0.4) is 0 Å². The minimum atomic E-state index is 0.173. The molecule has 6 heteroatoms. The third-order valence-corrected chi connectivity index (χ3v) is 3.64. The zero-order chi connectivity index (χ0) is 15.1. The molecule has 0 unspecified atom stereocenters. The second-order valence-electron chi connectivity index (χ2n) is 5.29. The van der Waals surface area contributed by atoms with Crippen LogP contribution in [0.4, 0.5) is 10.7 Å². The smallest absolute Gasteiger partial charge is 0.320 e. The Morgan fingerprint density at radius 1 is 1.10 bits per heavy atom. The fourth-order valence-corrected chi connectivity index (χ4v) is 2.60. The van der Waals surface area contributed by atoms with Gasteiger partial charge in [0.15, 0.2) is 0 Å². The van der Waals surface area contributed by atoms with E-state index in [9.17, 15) is 4.79 Å². The number of hydrogen-bond acceptors (Lipinski definition) is 4. The lowest BCUT2D eigenvalue weighted by molar-refractivity contribution is 0.149. The summed E-state index contributed by atoms with van der Waals surface area (Å²) in [5, 5.41) is 0. The van der Waals surface area contributed by atoms with Crippen LogP contribution in [0.1, 0.15) is 26.7 Å². The van der Waals surface area contributed by atoms with Gasteiger partial charge in [-0.2, -0.15) is 0 Å². The first-order valence-electron chi connectivity index (χ1n) is 7.82. The maximum atomic E-state index is 12.5. The number of piperazine rings is 1. The molecule has 21 heavy (non-hydrogen) atoms. The van der Waals surface area contributed by atoms with Crippen LogP contribution in [-0.2, 0) is 0 Å². The molecule has 2 heterocycles. The van der Waals surface area contributed by atoms with Gasteiger partial charge in [0.25, 0.3) is 0 Å². The molecule has 1 saturated heterocycles. The second kappa shape index (κ2) is 7.81. The molecule has 2 amide bonds. The molecular weight excluding hydrogens is 266 g/mol. The number of aromatic nitrogens is 2. The van der Waals surface area contributed by atoms with E-state index in [2.05, 4.69) is 28.7 Å². The van der Waals surface area contributed by atoms with E-state index in [0.29, 0.717) is 0 Å². The van der Waals surface area contributed by atoms with Crippen LogP contribution in [0.15, 0.2) is 18.5 Å². The van der Waals surface area contributed by atoms with Crippen molar-refractivity contribution in [3.8, 4) is 0 Å². The molecule has 1 aromatic rings. The van der Waals surface area contributed by atoms with Gasteiger partial charge < -0.3 is 14.7 Å². The number of carbonyl (C=O) groups excluding carboxylic acids is 1. The number of urea groups is 1. The molecule has 1 fully saturated rings. The zero-order valence-electron chi connectivity index (χ0n) is 13.0. The molecule has 1 aliphatic rings. The van der Waals surface area contributed by atoms with E-state index in [1.165, 1.54) is 0 Å². The fraction of sp³-hybridized carbons (Fsp3) is 0.667. The van der Waals surface area contributed by atoms with E-state index in [1.807, 2.05) is 15.9 Å². The molecule has 0 saturated carbocycles. The Bertz CT molecular complexity index is 425. The highest BCUT2D eigenvalue weighted by Gasteiger charge is 2.25. The van der Waals surface area contributed by atoms with E-state index < -0.39 is 0 Å². The van der Waals surface area contributed by atoms with Gasteiger partial charge in [-0.3, -0.25) is 0 Å². The molecule has 0 spiro atoms. The summed E-state index contributed by atoms with van der Waals surface area (Å²) in [6.07, 6.45) is 5.52. The monoisotopic (exact) mass is 291 g/mol. The first-order chi connectivity index (χ1) is 10.3. The van der Waals surface area contributed by atoms with Gasteiger partial charge in [0.05, 0.1) is 0 Å². The highest BCUT2D eigenvalue weighted by molar-refractivity contribution is 5.74. The van der Waals surface area contributed by atoms with E-state index in [0.717, 1.165) is 58.1 Å². The van der Waals surface area contributed by atoms with Crippen LogP contribution in [0.5, 0.6) is 0 Å². The number of hydrogen-bond donors (Lipinski definition) is 0. The van der Waals surface area contributed by atoms with E-state index in [1.54, 1.807) is 12.4 Å². The largest absolute Gasteiger partial charge is 0.337 e. The van der Waals surface area contributed by atoms with Crippen molar-refractivity contribution >= 4 is 12.0 Å². The molecule has 6 nitrogen and oxygen atoms in total. The number of rotatable bonds is 5. The summed E-state index contributed by atoms with van der Waals surface area (Å²) in [5.41, 5.74) is 0. The third-order valence-electron chi connectivity index (χ3n) is 3.64. The molecule has 0 radical (unpaired) electrons. The fourth-order valence-electron chi connectivity index (χ4n) is 2.60. The first kappa shape index (κ1) is 15.5. The maximum absolute atomic E-state index is 12.5. The lowest BCUT2D eigenvalue weighted by atomic mass is 10.3. The SMILES string of the molecule is CCCN(CCC)C(=O)N1CCN(c2ncccn2)CC1. The van der Waals surface area contributed by atoms with Crippen molar-refractivity contribution in [2.75, 3.05) is 44.2 Å². The summed E-state index contributed by atoms with van der Waals surface area (Å²) >= 11 is 0. The van der Waals surface area contributed by atoms with E-state index in [4.69, 9.17) is 0 Å². The van der Waals surface area contributed by atoms with Gasteiger partial charge in [0.2, 0.25) is 5.95 Å². The molecule has 0 aromatic carbocycles. The van der Waals surface area contributed by atoms with Gasteiger partial charge in [-0.15, -0.1) is 0 Å². The van der Waals surface area contributed by atoms with Crippen molar-refractivity contribution in [1.29, 1.82) is 0 Å². The minimum Gasteiger partial charge on any atom is -0.337 e. The van der Waals surface area contributed by atoms with Crippen molar-refractivity contribution in [3.63, 3.8) is 0 Å². The van der Waals surface area contributed by atoms with Crippen molar-refractivity contribution < 1.29 is 4.79 Å². The lowest BCUT2D eigenvalue weighted by Crippen LogP contribution is -2.53. The number of anilines is 1. The van der Waals surface area contributed by atoms with Gasteiger partial charge in [-0.1, -0.05) is 13.8 Å². The number of nitrogens with zero attached hydrogens (tertiary/aromatic N) is 5. The van der Waals surface area contributed by atoms with Crippen LogP contribution in [0.2, 0.25) is 0 Å². The molecule has 1 aromatic heterocycles. The topological polar surface area (TPSA) is 52.6 Å². The Kier molecular flexibility index (Phi) is 5.78. The summed E-state index contributed by atoms with van der Waals surface area (Å²) in [4.78, 5) is 27.1. The summed E-state index contributed by atoms with van der Waals surface area (Å²) in [5.74, 6) is 0.753. The molecule has 0 atom stereocenters. The lowest BCUT2D eigenvalue weighted by Gasteiger charge is -2.37. The Morgan fingerprint density at radius 2 is 1.67 bits per heavy atom. The van der Waals surface area contributed by atoms with Crippen molar-refractivity contribution in [2.24, 2.45) is 0 Å². The molecule has 2 rings (SSSR count). The van der Waals surface area contributed by atoms with Crippen LogP contribution < -0.4 is 4.90 Å². The Balaban J connectivity index is 1.89. The predicted molar refractivity (Wildman–Crippen MR) is 83.4 cm³/mol. The van der Waals surface area contributed by atoms with Gasteiger partial charge >= 0.3 is 6.03 Å². The van der Waals surface area contributed by atoms with Crippen molar-refractivity contribution in [1.82, 2.24) is 19.8 Å². The van der Waals surface area contributed by atoms with Crippen LogP contribution in [-0.4, -0.2) is 65.1 Å². The molecular formula is C15H25N5O. The van der Waals surface area contributed by atoms with Gasteiger partial charge in [0.1, 0.15) is 0 Å². The quantitative estimate of drug-likeness (QED) is 0.830. The summed E-state index contributed by atoms with van der Waals surface area (Å²) in [6.45, 7) is 8.97. The van der Waals surface area contributed by atoms with Crippen molar-refractivity contribution in [2.45, 2.75) is 26.7 Å². The molecule has 116 valence electrons. The summed E-state index contributed by atoms with van der Waals surface area (Å²) in [6, 6.07) is 1.99. The van der Waals surface area contributed by atoms with E-state index >= 15 is 0 Å². The Hall–Kier alpha value is -1.85. The average molecular weight is 291 g/mol. The second-order valence-corrected chi connectivity index (χ2v) is 5.29. The average Bonchev–Trinajstić information content (AvgIpc) is 2.55. The van der Waals surface area contributed by atoms with Crippen molar-refractivity contribution in [3.05, 3.63) is 18.5 Å². The third kappa shape index (κ3) is 4.06. The molecule has 1 aliphatic heterocycles. The number of carbonyl (C=O) groups is 1. The maximum Gasteiger partial charge on any atom is 0.320 e. The van der Waals surface area contributed by atoms with Crippen LogP contribution >= 0.6 is 0 Å². The summed E-state index contributed by atoms with van der Waals surface area (Å²) < 4.78 is 0. The predicted octanol–water partition coefficient (Wildman–Crippen LogP) is 1.84. The van der Waals surface area contributed by atoms with Gasteiger partial charge in [-0.25, -0.2) is 14.8 Å². The van der Waals surface area contributed by atoms with Crippen LogP contribution in [0.25, 0.3) is 0 Å². The van der Waals surface area contributed by atoms with Crippen LogP contribution in [0, 0.1) is 0 Å². The minimum absolute atomic E-state index is 0.173. The highest BCUT2D eigenvalue weighted by Crippen LogP contribution is 2.11. The highest BCUT2D eigenvalue weighted by atomic mass is 16.2. The molecule has 0 N–H and O–H groups in total. The van der Waals surface area contributed by atoms with Gasteiger partial charge in [0, 0.05) is 51.7 Å². The Labute approximate surface area is 126 Å².